The van der Waals surface area contributed by atoms with E-state index in [0.29, 0.717) is 29.8 Å². The molecule has 5 aliphatic rings. The molecule has 5 nitrogen and oxygen atoms in total. The first kappa shape index (κ1) is 24.5. The second kappa shape index (κ2) is 10.8. The molecule has 34 heavy (non-hydrogen) atoms. The Balaban J connectivity index is 1.37. The van der Waals surface area contributed by atoms with Gasteiger partial charge in [0.1, 0.15) is 12.0 Å². The number of halogens is 2. The molecule has 5 rings (SSSR count). The monoisotopic (exact) mass is 489 g/mol. The number of nitrogens with zero attached hydrogens (tertiary/aromatic N) is 1. The summed E-state index contributed by atoms with van der Waals surface area (Å²) in [6.45, 7) is 1.97. The molecular weight excluding hydrogens is 449 g/mol. The van der Waals surface area contributed by atoms with E-state index in [1.165, 1.54) is 42.5 Å². The molecule has 0 saturated carbocycles. The maximum atomic E-state index is 13.9. The van der Waals surface area contributed by atoms with E-state index in [1.54, 1.807) is 5.57 Å². The molecule has 0 unspecified atom stereocenters. The number of likely N-dealkylation sites (N-methyl/N-ethyl adjacent to an activating group) is 1. The van der Waals surface area contributed by atoms with Crippen LogP contribution < -0.4 is 21.3 Å². The van der Waals surface area contributed by atoms with Crippen molar-refractivity contribution in [3.63, 3.8) is 0 Å². The molecule has 0 aromatic rings. The third-order valence-electron chi connectivity index (χ3n) is 8.42. The van der Waals surface area contributed by atoms with Gasteiger partial charge in [0.05, 0.1) is 11.2 Å². The van der Waals surface area contributed by atoms with Gasteiger partial charge in [-0.2, -0.15) is 0 Å². The Bertz CT molecular complexity index is 891. The summed E-state index contributed by atoms with van der Waals surface area (Å²) in [6.07, 6.45) is 15.2. The van der Waals surface area contributed by atoms with E-state index in [0.717, 1.165) is 38.8 Å². The highest BCUT2D eigenvalue weighted by molar-refractivity contribution is 6.29. The maximum absolute atomic E-state index is 13.9. The van der Waals surface area contributed by atoms with Gasteiger partial charge in [0, 0.05) is 37.2 Å². The number of hydrogen-bond acceptors (Lipinski definition) is 5. The first-order chi connectivity index (χ1) is 16.5. The summed E-state index contributed by atoms with van der Waals surface area (Å²) >= 11 is 6.22. The van der Waals surface area contributed by atoms with E-state index in [4.69, 9.17) is 11.6 Å². The summed E-state index contributed by atoms with van der Waals surface area (Å²) in [5.74, 6) is 0.486. The van der Waals surface area contributed by atoms with Crippen LogP contribution in [0.1, 0.15) is 64.2 Å². The Morgan fingerprint density at radius 2 is 1.97 bits per heavy atom. The van der Waals surface area contributed by atoms with Crippen molar-refractivity contribution in [1.29, 1.82) is 0 Å². The summed E-state index contributed by atoms with van der Waals surface area (Å²) in [5, 5.41) is 15.5. The van der Waals surface area contributed by atoms with E-state index in [1.807, 2.05) is 0 Å². The molecule has 0 fully saturated rings. The van der Waals surface area contributed by atoms with Gasteiger partial charge in [-0.05, 0) is 89.1 Å². The number of allylic oxidation sites excluding steroid dienone is 3. The maximum Gasteiger partial charge on any atom is 0.114 e. The Kier molecular flexibility index (Phi) is 7.81. The first-order valence-corrected chi connectivity index (χ1v) is 13.7. The number of nitrogens with one attached hydrogen (secondary N) is 4. The lowest BCUT2D eigenvalue weighted by Crippen LogP contribution is -2.62. The highest BCUT2D eigenvalue weighted by Gasteiger charge is 2.36. The highest BCUT2D eigenvalue weighted by Crippen LogP contribution is 2.40. The van der Waals surface area contributed by atoms with E-state index in [2.05, 4.69) is 52.4 Å². The normalized spacial score (nSPS) is 35.0. The van der Waals surface area contributed by atoms with E-state index in [9.17, 15) is 4.39 Å². The smallest absolute Gasteiger partial charge is 0.114 e. The Morgan fingerprint density at radius 3 is 2.74 bits per heavy atom. The van der Waals surface area contributed by atoms with Crippen LogP contribution in [0.4, 0.5) is 4.39 Å². The minimum Gasteiger partial charge on any atom is -0.370 e. The molecule has 2 aliphatic heterocycles. The van der Waals surface area contributed by atoms with E-state index >= 15 is 0 Å². The van der Waals surface area contributed by atoms with Gasteiger partial charge >= 0.3 is 0 Å². The summed E-state index contributed by atoms with van der Waals surface area (Å²) < 4.78 is 13.9. The van der Waals surface area contributed by atoms with Crippen molar-refractivity contribution in [2.75, 3.05) is 27.2 Å². The zero-order chi connectivity index (χ0) is 23.7. The molecule has 0 saturated heterocycles. The zero-order valence-corrected chi connectivity index (χ0v) is 21.5. The van der Waals surface area contributed by atoms with Crippen molar-refractivity contribution in [1.82, 2.24) is 26.2 Å². The molecular formula is C27H41ClFN5. The van der Waals surface area contributed by atoms with Crippen molar-refractivity contribution >= 4 is 11.6 Å². The van der Waals surface area contributed by atoms with Gasteiger partial charge in [-0.15, -0.1) is 0 Å². The molecule has 0 aromatic carbocycles. The molecule has 2 heterocycles. The molecule has 0 aromatic heterocycles. The Hall–Kier alpha value is -1.18. The van der Waals surface area contributed by atoms with Gasteiger partial charge in [-0.25, -0.2) is 4.39 Å². The molecule has 188 valence electrons. The SMILES string of the molecule is CN(C)[C@H]1C=C([C@@H]2CCC3=C(C2)[C@@H](N[C@H]2CCC(F)=C(Cl)C2)N[C@@H](C2=CCCNC2)N3)CCC1. The van der Waals surface area contributed by atoms with Gasteiger partial charge in [0.25, 0.3) is 0 Å². The van der Waals surface area contributed by atoms with Gasteiger partial charge in [-0.1, -0.05) is 29.3 Å². The van der Waals surface area contributed by atoms with Crippen molar-refractivity contribution in [3.8, 4) is 0 Å². The van der Waals surface area contributed by atoms with Crippen LogP contribution in [0.2, 0.25) is 0 Å². The minimum atomic E-state index is -0.133. The standard InChI is InChI=1S/C27H41ClFN5/c1-34(2)21-7-3-5-17(13-21)18-8-11-25-22(14-18)27(31-20-9-10-24(29)23(28)15-20)33-26(32-25)19-6-4-12-30-16-19/h6,13,18,20-21,26-27,30-33H,3-5,7-12,14-16H2,1-2H3/t18-,20+,21-,26+,27+/m1/s1. The summed E-state index contributed by atoms with van der Waals surface area (Å²) in [4.78, 5) is 2.36. The summed E-state index contributed by atoms with van der Waals surface area (Å²) in [6, 6.07) is 0.764. The molecule has 4 N–H and O–H groups in total. The van der Waals surface area contributed by atoms with Crippen molar-refractivity contribution in [3.05, 3.63) is 45.4 Å². The summed E-state index contributed by atoms with van der Waals surface area (Å²) in [5.41, 5.74) is 5.93. The highest BCUT2D eigenvalue weighted by atomic mass is 35.5. The fraction of sp³-hybridized carbons (Fsp3) is 0.704. The van der Waals surface area contributed by atoms with Crippen LogP contribution >= 0.6 is 11.6 Å². The van der Waals surface area contributed by atoms with E-state index in [-0.39, 0.29) is 24.2 Å². The van der Waals surface area contributed by atoms with Crippen LogP contribution in [0.5, 0.6) is 0 Å². The Labute approximate surface area is 209 Å². The number of hydrogen-bond donors (Lipinski definition) is 4. The first-order valence-electron chi connectivity index (χ1n) is 13.3. The molecule has 7 heteroatoms. The number of rotatable bonds is 5. The van der Waals surface area contributed by atoms with E-state index < -0.39 is 0 Å². The fourth-order valence-corrected chi connectivity index (χ4v) is 6.66. The van der Waals surface area contributed by atoms with Crippen molar-refractivity contribution in [2.45, 2.75) is 88.6 Å². The average Bonchev–Trinajstić information content (AvgIpc) is 2.86. The van der Waals surface area contributed by atoms with Crippen LogP contribution in [-0.2, 0) is 0 Å². The predicted molar refractivity (Wildman–Crippen MR) is 138 cm³/mol. The average molecular weight is 490 g/mol. The van der Waals surface area contributed by atoms with Crippen LogP contribution in [0.3, 0.4) is 0 Å². The second-order valence-corrected chi connectivity index (χ2v) is 11.4. The summed E-state index contributed by atoms with van der Waals surface area (Å²) in [7, 11) is 4.39. The van der Waals surface area contributed by atoms with Crippen LogP contribution in [0, 0.1) is 5.92 Å². The van der Waals surface area contributed by atoms with Gasteiger partial charge in [0.2, 0.25) is 0 Å². The molecule has 0 amide bonds. The lowest BCUT2D eigenvalue weighted by molar-refractivity contribution is 0.282. The van der Waals surface area contributed by atoms with Crippen molar-refractivity contribution < 1.29 is 4.39 Å². The second-order valence-electron chi connectivity index (χ2n) is 10.9. The molecule has 3 aliphatic carbocycles. The Morgan fingerprint density at radius 1 is 1.09 bits per heavy atom. The predicted octanol–water partition coefficient (Wildman–Crippen LogP) is 4.41. The minimum absolute atomic E-state index is 0.0938. The third kappa shape index (κ3) is 5.46. The molecule has 0 bridgehead atoms. The van der Waals surface area contributed by atoms with Crippen molar-refractivity contribution in [2.24, 2.45) is 5.92 Å². The fourth-order valence-electron chi connectivity index (χ4n) is 6.38. The molecule has 0 radical (unpaired) electrons. The van der Waals surface area contributed by atoms with Gasteiger partial charge in [-0.3, -0.25) is 10.6 Å². The third-order valence-corrected chi connectivity index (χ3v) is 8.78. The molecule has 0 spiro atoms. The van der Waals surface area contributed by atoms with Crippen LogP contribution in [0.25, 0.3) is 0 Å². The lowest BCUT2D eigenvalue weighted by atomic mass is 9.76. The van der Waals surface area contributed by atoms with Gasteiger partial charge in [0.15, 0.2) is 0 Å². The van der Waals surface area contributed by atoms with Gasteiger partial charge < -0.3 is 15.5 Å². The largest absolute Gasteiger partial charge is 0.370 e. The topological polar surface area (TPSA) is 51.4 Å². The lowest BCUT2D eigenvalue weighted by Gasteiger charge is -2.44. The van der Waals surface area contributed by atoms with Crippen LogP contribution in [0.15, 0.2) is 45.4 Å². The molecule has 5 atom stereocenters. The van der Waals surface area contributed by atoms with Crippen LogP contribution in [-0.4, -0.2) is 56.5 Å². The zero-order valence-electron chi connectivity index (χ0n) is 20.7. The quantitative estimate of drug-likeness (QED) is 0.431.